The van der Waals surface area contributed by atoms with Crippen LogP contribution in [0.5, 0.6) is 0 Å². The standard InChI is InChI=1S/C20H17NO2S2/c22-25(23)10-14-17(11-8-9-11)18-12-5-3-6-15(12)24-20(18)21-19(14)13-4-1-2-7-16(13)25/h1-2,4,7,11H,3,5-6,8-10H2. The molecule has 0 amide bonds. The summed E-state index contributed by atoms with van der Waals surface area (Å²) in [5.41, 5.74) is 5.48. The van der Waals surface area contributed by atoms with Gasteiger partial charge in [0.15, 0.2) is 9.84 Å². The number of thiophene rings is 1. The fourth-order valence-electron chi connectivity index (χ4n) is 4.59. The first kappa shape index (κ1) is 14.4. The molecular weight excluding hydrogens is 350 g/mol. The van der Waals surface area contributed by atoms with Crippen molar-refractivity contribution >= 4 is 31.4 Å². The van der Waals surface area contributed by atoms with Crippen molar-refractivity contribution in [2.75, 3.05) is 0 Å². The van der Waals surface area contributed by atoms with Gasteiger partial charge in [0.1, 0.15) is 4.83 Å². The normalized spacial score (nSPS) is 20.3. The number of pyridine rings is 1. The van der Waals surface area contributed by atoms with E-state index in [0.717, 1.165) is 34.5 Å². The lowest BCUT2D eigenvalue weighted by Gasteiger charge is -2.23. The largest absolute Gasteiger partial charge is 0.237 e. The molecule has 3 heterocycles. The minimum atomic E-state index is -3.29. The summed E-state index contributed by atoms with van der Waals surface area (Å²) in [7, 11) is -3.29. The molecule has 0 N–H and O–H groups in total. The molecule has 6 rings (SSSR count). The Morgan fingerprint density at radius 2 is 1.92 bits per heavy atom. The predicted molar refractivity (Wildman–Crippen MR) is 99.9 cm³/mol. The summed E-state index contributed by atoms with van der Waals surface area (Å²) in [6.45, 7) is 0. The van der Waals surface area contributed by atoms with Crippen LogP contribution in [0.1, 0.15) is 46.7 Å². The summed E-state index contributed by atoms with van der Waals surface area (Å²) < 4.78 is 25.8. The second-order valence-corrected chi connectivity index (χ2v) is 10.5. The van der Waals surface area contributed by atoms with Gasteiger partial charge in [0.25, 0.3) is 0 Å². The Morgan fingerprint density at radius 3 is 2.76 bits per heavy atom. The molecule has 0 saturated heterocycles. The SMILES string of the molecule is O=S1(=O)Cc2c(nc3sc4c(c3c2C2CC2)CCC4)-c2ccccc21. The van der Waals surface area contributed by atoms with Crippen LogP contribution in [0, 0.1) is 0 Å². The maximum absolute atomic E-state index is 12.9. The van der Waals surface area contributed by atoms with Gasteiger partial charge in [-0.3, -0.25) is 0 Å². The Balaban J connectivity index is 1.78. The lowest BCUT2D eigenvalue weighted by atomic mass is 9.94. The zero-order chi connectivity index (χ0) is 16.8. The second kappa shape index (κ2) is 4.71. The highest BCUT2D eigenvalue weighted by Gasteiger charge is 2.38. The highest BCUT2D eigenvalue weighted by molar-refractivity contribution is 7.90. The molecule has 3 aromatic rings. The monoisotopic (exact) mass is 367 g/mol. The summed E-state index contributed by atoms with van der Waals surface area (Å²) in [4.78, 5) is 8.05. The molecule has 3 aliphatic rings. The van der Waals surface area contributed by atoms with Gasteiger partial charge in [0, 0.05) is 15.8 Å². The molecule has 1 fully saturated rings. The van der Waals surface area contributed by atoms with Crippen LogP contribution in [-0.4, -0.2) is 13.4 Å². The summed E-state index contributed by atoms with van der Waals surface area (Å²) in [5, 5.41) is 1.31. The van der Waals surface area contributed by atoms with Crippen LogP contribution in [-0.2, 0) is 28.4 Å². The van der Waals surface area contributed by atoms with Gasteiger partial charge in [-0.1, -0.05) is 18.2 Å². The van der Waals surface area contributed by atoms with Crippen LogP contribution >= 0.6 is 11.3 Å². The van der Waals surface area contributed by atoms with E-state index < -0.39 is 9.84 Å². The number of hydrogen-bond acceptors (Lipinski definition) is 4. The Kier molecular flexibility index (Phi) is 2.72. The third kappa shape index (κ3) is 1.91. The van der Waals surface area contributed by atoms with Crippen LogP contribution in [0.2, 0.25) is 0 Å². The Hall–Kier alpha value is -1.72. The average molecular weight is 367 g/mol. The zero-order valence-electron chi connectivity index (χ0n) is 13.7. The van der Waals surface area contributed by atoms with Crippen molar-refractivity contribution in [1.29, 1.82) is 0 Å². The van der Waals surface area contributed by atoms with Gasteiger partial charge in [-0.25, -0.2) is 13.4 Å². The van der Waals surface area contributed by atoms with Crippen LogP contribution < -0.4 is 0 Å². The molecule has 2 aliphatic carbocycles. The molecular formula is C20H17NO2S2. The molecule has 0 unspecified atom stereocenters. The molecule has 2 aromatic heterocycles. The minimum absolute atomic E-state index is 0.110. The molecule has 0 spiro atoms. The van der Waals surface area contributed by atoms with E-state index in [1.54, 1.807) is 12.1 Å². The van der Waals surface area contributed by atoms with E-state index in [-0.39, 0.29) is 5.75 Å². The van der Waals surface area contributed by atoms with Gasteiger partial charge in [-0.05, 0) is 60.8 Å². The maximum atomic E-state index is 12.9. The van der Waals surface area contributed by atoms with Crippen molar-refractivity contribution in [1.82, 2.24) is 4.98 Å². The van der Waals surface area contributed by atoms with E-state index in [0.29, 0.717) is 10.8 Å². The molecule has 0 radical (unpaired) electrons. The first-order valence-electron chi connectivity index (χ1n) is 8.92. The van der Waals surface area contributed by atoms with Crippen molar-refractivity contribution in [3.8, 4) is 11.3 Å². The molecule has 3 nitrogen and oxygen atoms in total. The van der Waals surface area contributed by atoms with Gasteiger partial charge in [-0.15, -0.1) is 11.3 Å². The lowest BCUT2D eigenvalue weighted by Crippen LogP contribution is -2.16. The number of nitrogens with zero attached hydrogens (tertiary/aromatic N) is 1. The van der Waals surface area contributed by atoms with Gasteiger partial charge in [-0.2, -0.15) is 0 Å². The van der Waals surface area contributed by atoms with E-state index in [1.165, 1.54) is 40.7 Å². The summed E-state index contributed by atoms with van der Waals surface area (Å²) >= 11 is 1.83. The third-order valence-corrected chi connectivity index (χ3v) is 8.67. The predicted octanol–water partition coefficient (Wildman–Crippen LogP) is 4.62. The van der Waals surface area contributed by atoms with Gasteiger partial charge >= 0.3 is 0 Å². The first-order chi connectivity index (χ1) is 12.1. The lowest BCUT2D eigenvalue weighted by molar-refractivity contribution is 0.594. The number of rotatable bonds is 1. The molecule has 1 aromatic carbocycles. The Labute approximate surface area is 150 Å². The summed E-state index contributed by atoms with van der Waals surface area (Å²) in [6, 6.07) is 7.37. The highest BCUT2D eigenvalue weighted by Crippen LogP contribution is 2.52. The van der Waals surface area contributed by atoms with E-state index in [9.17, 15) is 8.42 Å². The van der Waals surface area contributed by atoms with Crippen molar-refractivity contribution < 1.29 is 8.42 Å². The molecule has 126 valence electrons. The molecule has 25 heavy (non-hydrogen) atoms. The van der Waals surface area contributed by atoms with Crippen molar-refractivity contribution in [2.45, 2.75) is 48.7 Å². The van der Waals surface area contributed by atoms with E-state index >= 15 is 0 Å². The van der Waals surface area contributed by atoms with Gasteiger partial charge in [0.2, 0.25) is 0 Å². The number of benzene rings is 1. The molecule has 1 saturated carbocycles. The molecule has 1 aliphatic heterocycles. The van der Waals surface area contributed by atoms with Crippen LogP contribution in [0.3, 0.4) is 0 Å². The highest BCUT2D eigenvalue weighted by atomic mass is 32.2. The fourth-order valence-corrected chi connectivity index (χ4v) is 7.48. The molecule has 0 bridgehead atoms. The number of aryl methyl sites for hydroxylation is 2. The van der Waals surface area contributed by atoms with Gasteiger partial charge < -0.3 is 0 Å². The van der Waals surface area contributed by atoms with Crippen molar-refractivity contribution in [2.24, 2.45) is 0 Å². The first-order valence-corrected chi connectivity index (χ1v) is 11.4. The Morgan fingerprint density at radius 1 is 1.08 bits per heavy atom. The Bertz CT molecular complexity index is 1170. The van der Waals surface area contributed by atoms with Crippen molar-refractivity contribution in [3.05, 3.63) is 45.8 Å². The van der Waals surface area contributed by atoms with E-state index in [1.807, 2.05) is 23.5 Å². The van der Waals surface area contributed by atoms with Crippen LogP contribution in [0.25, 0.3) is 21.5 Å². The summed E-state index contributed by atoms with van der Waals surface area (Å²) in [6.07, 6.45) is 5.86. The smallest absolute Gasteiger partial charge is 0.183 e. The maximum Gasteiger partial charge on any atom is 0.183 e. The topological polar surface area (TPSA) is 47.0 Å². The second-order valence-electron chi connectivity index (χ2n) is 7.42. The van der Waals surface area contributed by atoms with Crippen molar-refractivity contribution in [3.63, 3.8) is 0 Å². The number of sulfone groups is 1. The van der Waals surface area contributed by atoms with Crippen LogP contribution in [0.15, 0.2) is 29.2 Å². The van der Waals surface area contributed by atoms with Gasteiger partial charge in [0.05, 0.1) is 16.3 Å². The average Bonchev–Trinajstić information content (AvgIpc) is 3.23. The fraction of sp³-hybridized carbons (Fsp3) is 0.350. The minimum Gasteiger partial charge on any atom is -0.237 e. The number of fused-ring (bicyclic) bond motifs is 6. The molecule has 5 heteroatoms. The van der Waals surface area contributed by atoms with E-state index in [2.05, 4.69) is 0 Å². The number of hydrogen-bond donors (Lipinski definition) is 0. The third-order valence-electron chi connectivity index (χ3n) is 5.79. The molecule has 0 atom stereocenters. The van der Waals surface area contributed by atoms with E-state index in [4.69, 9.17) is 4.98 Å². The quantitative estimate of drug-likeness (QED) is 0.631. The summed E-state index contributed by atoms with van der Waals surface area (Å²) in [5.74, 6) is 0.637. The van der Waals surface area contributed by atoms with Crippen LogP contribution in [0.4, 0.5) is 0 Å². The number of aromatic nitrogens is 1. The zero-order valence-corrected chi connectivity index (χ0v) is 15.3.